The molecule has 3 nitrogen and oxygen atoms in total. The van der Waals surface area contributed by atoms with Crippen LogP contribution in [0.3, 0.4) is 0 Å². The van der Waals surface area contributed by atoms with Gasteiger partial charge in [0, 0.05) is 11.9 Å². The Morgan fingerprint density at radius 1 is 1.05 bits per heavy atom. The Hall–Kier alpha value is -2.55. The Kier molecular flexibility index (Phi) is 2.80. The number of rotatable bonds is 2. The number of hydrogen-bond acceptors (Lipinski definition) is 2. The summed E-state index contributed by atoms with van der Waals surface area (Å²) >= 11 is 0. The SMILES string of the molecule is COC(=O)c1cccc(-n2ccc3ccccc32)c1. The summed E-state index contributed by atoms with van der Waals surface area (Å²) in [5.74, 6) is -0.321. The molecule has 0 aliphatic heterocycles. The van der Waals surface area contributed by atoms with Crippen molar-refractivity contribution in [3.05, 3.63) is 66.4 Å². The zero-order chi connectivity index (χ0) is 13.2. The van der Waals surface area contributed by atoms with Gasteiger partial charge in [0.1, 0.15) is 0 Å². The maximum absolute atomic E-state index is 11.6. The first-order chi connectivity index (χ1) is 9.29. The molecule has 94 valence electrons. The van der Waals surface area contributed by atoms with Gasteiger partial charge in [0.05, 0.1) is 18.2 Å². The quantitative estimate of drug-likeness (QED) is 0.653. The number of ether oxygens (including phenoxy) is 1. The first kappa shape index (κ1) is 11.5. The van der Waals surface area contributed by atoms with Crippen LogP contribution in [0.25, 0.3) is 16.6 Å². The Bertz CT molecular complexity index is 743. The van der Waals surface area contributed by atoms with E-state index in [-0.39, 0.29) is 5.97 Å². The number of hydrogen-bond donors (Lipinski definition) is 0. The molecule has 1 aromatic heterocycles. The monoisotopic (exact) mass is 251 g/mol. The highest BCUT2D eigenvalue weighted by Crippen LogP contribution is 2.21. The third kappa shape index (κ3) is 1.99. The maximum atomic E-state index is 11.6. The minimum absolute atomic E-state index is 0.321. The van der Waals surface area contributed by atoms with Crippen molar-refractivity contribution in [1.29, 1.82) is 0 Å². The molecule has 2 aromatic carbocycles. The molecule has 1 heterocycles. The van der Waals surface area contributed by atoms with Crippen LogP contribution in [0.4, 0.5) is 0 Å². The lowest BCUT2D eigenvalue weighted by molar-refractivity contribution is 0.0600. The summed E-state index contributed by atoms with van der Waals surface area (Å²) in [5, 5.41) is 1.17. The lowest BCUT2D eigenvalue weighted by Gasteiger charge is -2.07. The Balaban J connectivity index is 2.14. The van der Waals surface area contributed by atoms with Crippen molar-refractivity contribution < 1.29 is 9.53 Å². The summed E-state index contributed by atoms with van der Waals surface area (Å²) in [4.78, 5) is 11.6. The first-order valence-electron chi connectivity index (χ1n) is 6.04. The lowest BCUT2D eigenvalue weighted by atomic mass is 10.2. The van der Waals surface area contributed by atoms with Crippen LogP contribution in [-0.4, -0.2) is 17.6 Å². The summed E-state index contributed by atoms with van der Waals surface area (Å²) in [6.07, 6.45) is 2.00. The summed E-state index contributed by atoms with van der Waals surface area (Å²) in [5.41, 5.74) is 2.62. The van der Waals surface area contributed by atoms with Crippen molar-refractivity contribution in [2.75, 3.05) is 7.11 Å². The van der Waals surface area contributed by atoms with E-state index < -0.39 is 0 Å². The molecule has 3 heteroatoms. The normalized spacial score (nSPS) is 10.6. The van der Waals surface area contributed by atoms with Gasteiger partial charge in [-0.15, -0.1) is 0 Å². The Morgan fingerprint density at radius 3 is 2.74 bits per heavy atom. The molecule has 3 aromatic rings. The molecule has 3 rings (SSSR count). The van der Waals surface area contributed by atoms with Crippen LogP contribution in [-0.2, 0) is 4.74 Å². The van der Waals surface area contributed by atoms with Gasteiger partial charge in [0.2, 0.25) is 0 Å². The van der Waals surface area contributed by atoms with Crippen LogP contribution < -0.4 is 0 Å². The van der Waals surface area contributed by atoms with Crippen molar-refractivity contribution in [2.45, 2.75) is 0 Å². The Labute approximate surface area is 111 Å². The number of benzene rings is 2. The molecule has 0 saturated carbocycles. The second kappa shape index (κ2) is 4.61. The molecule has 0 saturated heterocycles. The van der Waals surface area contributed by atoms with Crippen LogP contribution in [0.5, 0.6) is 0 Å². The van der Waals surface area contributed by atoms with E-state index in [9.17, 15) is 4.79 Å². The van der Waals surface area contributed by atoms with Gasteiger partial charge in [-0.25, -0.2) is 4.79 Å². The van der Waals surface area contributed by atoms with E-state index in [2.05, 4.69) is 22.8 Å². The van der Waals surface area contributed by atoms with Crippen LogP contribution in [0.1, 0.15) is 10.4 Å². The van der Waals surface area contributed by atoms with E-state index in [1.807, 2.05) is 36.5 Å². The molecule has 0 aliphatic rings. The molecule has 0 unspecified atom stereocenters. The molecule has 0 radical (unpaired) electrons. The minimum Gasteiger partial charge on any atom is -0.465 e. The van der Waals surface area contributed by atoms with Crippen molar-refractivity contribution >= 4 is 16.9 Å². The molecule has 0 bridgehead atoms. The average Bonchev–Trinajstić information content (AvgIpc) is 2.90. The fourth-order valence-electron chi connectivity index (χ4n) is 2.21. The van der Waals surface area contributed by atoms with Gasteiger partial charge in [0.15, 0.2) is 0 Å². The van der Waals surface area contributed by atoms with E-state index in [4.69, 9.17) is 4.74 Å². The van der Waals surface area contributed by atoms with Gasteiger partial charge in [-0.05, 0) is 35.7 Å². The first-order valence-corrected chi connectivity index (χ1v) is 6.04. The third-order valence-electron chi connectivity index (χ3n) is 3.14. The van der Waals surface area contributed by atoms with Gasteiger partial charge in [-0.3, -0.25) is 0 Å². The zero-order valence-electron chi connectivity index (χ0n) is 10.5. The maximum Gasteiger partial charge on any atom is 0.337 e. The lowest BCUT2D eigenvalue weighted by Crippen LogP contribution is -2.02. The molecule has 19 heavy (non-hydrogen) atoms. The Morgan fingerprint density at radius 2 is 1.89 bits per heavy atom. The summed E-state index contributed by atoms with van der Waals surface area (Å²) in [6, 6.07) is 17.6. The van der Waals surface area contributed by atoms with E-state index >= 15 is 0 Å². The van der Waals surface area contributed by atoms with E-state index in [1.54, 1.807) is 6.07 Å². The fraction of sp³-hybridized carbons (Fsp3) is 0.0625. The van der Waals surface area contributed by atoms with Gasteiger partial charge in [-0.1, -0.05) is 24.3 Å². The molecule has 0 fully saturated rings. The number of nitrogens with zero attached hydrogens (tertiary/aromatic N) is 1. The molecule has 0 N–H and O–H groups in total. The number of para-hydroxylation sites is 1. The van der Waals surface area contributed by atoms with E-state index in [1.165, 1.54) is 12.5 Å². The average molecular weight is 251 g/mol. The fourth-order valence-corrected chi connectivity index (χ4v) is 2.21. The standard InChI is InChI=1S/C16H13NO2/c1-19-16(18)13-6-4-7-14(11-13)17-10-9-12-5-2-3-8-15(12)17/h2-11H,1H3. The number of methoxy groups -OCH3 is 1. The molecule has 0 aliphatic carbocycles. The van der Waals surface area contributed by atoms with E-state index in [0.717, 1.165) is 11.2 Å². The van der Waals surface area contributed by atoms with Crippen LogP contribution in [0, 0.1) is 0 Å². The number of carbonyl (C=O) groups excluding carboxylic acids is 1. The van der Waals surface area contributed by atoms with Crippen molar-refractivity contribution in [1.82, 2.24) is 4.57 Å². The van der Waals surface area contributed by atoms with Crippen LogP contribution in [0.15, 0.2) is 60.8 Å². The summed E-state index contributed by atoms with van der Waals surface area (Å²) < 4.78 is 6.81. The molecule has 0 spiro atoms. The van der Waals surface area contributed by atoms with Gasteiger partial charge in [0.25, 0.3) is 0 Å². The predicted octanol–water partition coefficient (Wildman–Crippen LogP) is 3.42. The highest BCUT2D eigenvalue weighted by Gasteiger charge is 2.07. The second-order valence-electron chi connectivity index (χ2n) is 4.29. The van der Waals surface area contributed by atoms with Crippen LogP contribution >= 0.6 is 0 Å². The smallest absolute Gasteiger partial charge is 0.337 e. The van der Waals surface area contributed by atoms with Crippen LogP contribution in [0.2, 0.25) is 0 Å². The molecular formula is C16H13NO2. The minimum atomic E-state index is -0.321. The van der Waals surface area contributed by atoms with Gasteiger partial charge in [-0.2, -0.15) is 0 Å². The second-order valence-corrected chi connectivity index (χ2v) is 4.29. The number of aromatic nitrogens is 1. The third-order valence-corrected chi connectivity index (χ3v) is 3.14. The molecule has 0 amide bonds. The van der Waals surface area contributed by atoms with Crippen molar-refractivity contribution in [2.24, 2.45) is 0 Å². The highest BCUT2D eigenvalue weighted by molar-refractivity contribution is 5.90. The predicted molar refractivity (Wildman–Crippen MR) is 74.6 cm³/mol. The zero-order valence-corrected chi connectivity index (χ0v) is 10.5. The van der Waals surface area contributed by atoms with Crippen molar-refractivity contribution in [3.63, 3.8) is 0 Å². The topological polar surface area (TPSA) is 31.2 Å². The largest absolute Gasteiger partial charge is 0.465 e. The summed E-state index contributed by atoms with van der Waals surface area (Å²) in [6.45, 7) is 0. The summed E-state index contributed by atoms with van der Waals surface area (Å²) in [7, 11) is 1.39. The highest BCUT2D eigenvalue weighted by atomic mass is 16.5. The number of carbonyl (C=O) groups is 1. The van der Waals surface area contributed by atoms with E-state index in [0.29, 0.717) is 5.56 Å². The van der Waals surface area contributed by atoms with Gasteiger partial charge < -0.3 is 9.30 Å². The number of fused-ring (bicyclic) bond motifs is 1. The van der Waals surface area contributed by atoms with Crippen molar-refractivity contribution in [3.8, 4) is 5.69 Å². The molecule has 0 atom stereocenters. The molecular weight excluding hydrogens is 238 g/mol. The number of esters is 1. The van der Waals surface area contributed by atoms with Gasteiger partial charge >= 0.3 is 5.97 Å².